The minimum atomic E-state index is -2.94. The zero-order valence-electron chi connectivity index (χ0n) is 10.2. The summed E-state index contributed by atoms with van der Waals surface area (Å²) in [5.41, 5.74) is 5.50. The van der Waals surface area contributed by atoms with Crippen LogP contribution >= 0.6 is 0 Å². The van der Waals surface area contributed by atoms with Crippen LogP contribution in [0, 0.1) is 5.92 Å². The monoisotopic (exact) mass is 249 g/mol. The molecule has 0 saturated heterocycles. The van der Waals surface area contributed by atoms with Gasteiger partial charge in [-0.15, -0.1) is 0 Å². The van der Waals surface area contributed by atoms with E-state index in [1.807, 2.05) is 0 Å². The first-order valence-corrected chi connectivity index (χ1v) is 7.95. The first-order chi connectivity index (χ1) is 7.37. The zero-order chi connectivity index (χ0) is 12.2. The SMILES string of the molecule is CC1CCCC(CN)(OCCS(C)(=O)=O)C1. The number of hydrogen-bond donors (Lipinski definition) is 1. The molecule has 0 heterocycles. The van der Waals surface area contributed by atoms with Crippen LogP contribution in [0.15, 0.2) is 0 Å². The molecule has 1 rings (SSSR count). The molecule has 0 amide bonds. The molecule has 0 aromatic rings. The van der Waals surface area contributed by atoms with Crippen LogP contribution in [0.4, 0.5) is 0 Å². The van der Waals surface area contributed by atoms with Crippen LogP contribution in [0.3, 0.4) is 0 Å². The number of sulfone groups is 1. The fraction of sp³-hybridized carbons (Fsp3) is 1.00. The first kappa shape index (κ1) is 13.9. The van der Waals surface area contributed by atoms with Crippen molar-refractivity contribution >= 4 is 9.84 Å². The molecule has 2 atom stereocenters. The summed E-state index contributed by atoms with van der Waals surface area (Å²) < 4.78 is 27.8. The van der Waals surface area contributed by atoms with Gasteiger partial charge in [0.1, 0.15) is 9.84 Å². The Bertz CT molecular complexity index is 315. The smallest absolute Gasteiger partial charge is 0.149 e. The number of hydrogen-bond acceptors (Lipinski definition) is 4. The lowest BCUT2D eigenvalue weighted by atomic mass is 9.79. The second-order valence-electron chi connectivity index (χ2n) is 5.07. The van der Waals surface area contributed by atoms with Gasteiger partial charge in [-0.1, -0.05) is 19.8 Å². The Hall–Kier alpha value is -0.130. The maximum absolute atomic E-state index is 11.0. The van der Waals surface area contributed by atoms with E-state index in [1.54, 1.807) is 0 Å². The highest BCUT2D eigenvalue weighted by Gasteiger charge is 2.34. The van der Waals surface area contributed by atoms with Crippen LogP contribution in [0.25, 0.3) is 0 Å². The number of rotatable bonds is 5. The van der Waals surface area contributed by atoms with Crippen molar-refractivity contribution in [1.82, 2.24) is 0 Å². The van der Waals surface area contributed by atoms with Crippen LogP contribution in [-0.4, -0.2) is 39.2 Å². The second kappa shape index (κ2) is 5.47. The van der Waals surface area contributed by atoms with Gasteiger partial charge in [-0.25, -0.2) is 8.42 Å². The van der Waals surface area contributed by atoms with E-state index in [0.29, 0.717) is 12.5 Å². The van der Waals surface area contributed by atoms with Gasteiger partial charge in [-0.2, -0.15) is 0 Å². The van der Waals surface area contributed by atoms with Crippen molar-refractivity contribution < 1.29 is 13.2 Å². The molecule has 0 bridgehead atoms. The maximum atomic E-state index is 11.0. The molecule has 2 N–H and O–H groups in total. The van der Waals surface area contributed by atoms with Crippen molar-refractivity contribution in [3.8, 4) is 0 Å². The predicted octanol–water partition coefficient (Wildman–Crippen LogP) is 0.955. The van der Waals surface area contributed by atoms with Gasteiger partial charge in [-0.3, -0.25) is 0 Å². The molecular weight excluding hydrogens is 226 g/mol. The molecule has 16 heavy (non-hydrogen) atoms. The fourth-order valence-electron chi connectivity index (χ4n) is 2.40. The van der Waals surface area contributed by atoms with Gasteiger partial charge in [0, 0.05) is 12.8 Å². The molecule has 1 fully saturated rings. The Balaban J connectivity index is 2.47. The Kier molecular flexibility index (Phi) is 4.76. The summed E-state index contributed by atoms with van der Waals surface area (Å²) in [6, 6.07) is 0. The summed E-state index contributed by atoms with van der Waals surface area (Å²) in [4.78, 5) is 0. The van der Waals surface area contributed by atoms with Crippen LogP contribution in [0.2, 0.25) is 0 Å². The third kappa shape index (κ3) is 4.39. The summed E-state index contributed by atoms with van der Waals surface area (Å²) in [6.45, 7) is 2.95. The average molecular weight is 249 g/mol. The van der Waals surface area contributed by atoms with Crippen molar-refractivity contribution in [2.45, 2.75) is 38.2 Å². The quantitative estimate of drug-likeness (QED) is 0.788. The van der Waals surface area contributed by atoms with Gasteiger partial charge < -0.3 is 10.5 Å². The summed E-state index contributed by atoms with van der Waals surface area (Å²) in [5, 5.41) is 0. The standard InChI is InChI=1S/C11H23NO3S/c1-10-4-3-5-11(8-10,9-12)15-6-7-16(2,13)14/h10H,3-9,12H2,1-2H3. The third-order valence-corrected chi connectivity index (χ3v) is 4.19. The summed E-state index contributed by atoms with van der Waals surface area (Å²) in [5.74, 6) is 0.707. The molecule has 2 unspecified atom stereocenters. The highest BCUT2D eigenvalue weighted by molar-refractivity contribution is 7.90. The highest BCUT2D eigenvalue weighted by Crippen LogP contribution is 2.34. The van der Waals surface area contributed by atoms with E-state index in [4.69, 9.17) is 10.5 Å². The lowest BCUT2D eigenvalue weighted by Crippen LogP contribution is -2.45. The van der Waals surface area contributed by atoms with Crippen molar-refractivity contribution in [1.29, 1.82) is 0 Å². The molecule has 0 aromatic carbocycles. The predicted molar refractivity (Wildman–Crippen MR) is 65.1 cm³/mol. The fourth-order valence-corrected chi connectivity index (χ4v) is 2.78. The summed E-state index contributed by atoms with van der Waals surface area (Å²) in [6.07, 6.45) is 5.48. The molecule has 1 aliphatic rings. The van der Waals surface area contributed by atoms with Crippen molar-refractivity contribution in [2.24, 2.45) is 11.7 Å². The van der Waals surface area contributed by atoms with Crippen LogP contribution in [-0.2, 0) is 14.6 Å². The van der Waals surface area contributed by atoms with Gasteiger partial charge in [0.25, 0.3) is 0 Å². The van der Waals surface area contributed by atoms with Gasteiger partial charge in [0.15, 0.2) is 0 Å². The van der Waals surface area contributed by atoms with E-state index in [-0.39, 0.29) is 18.0 Å². The van der Waals surface area contributed by atoms with E-state index < -0.39 is 9.84 Å². The molecule has 0 spiro atoms. The Morgan fingerprint density at radius 3 is 2.69 bits per heavy atom. The molecular formula is C11H23NO3S. The molecule has 0 aliphatic heterocycles. The van der Waals surface area contributed by atoms with Crippen LogP contribution in [0.5, 0.6) is 0 Å². The van der Waals surface area contributed by atoms with E-state index in [0.717, 1.165) is 19.3 Å². The Morgan fingerprint density at radius 1 is 1.50 bits per heavy atom. The van der Waals surface area contributed by atoms with Crippen LogP contribution in [0.1, 0.15) is 32.6 Å². The van der Waals surface area contributed by atoms with Gasteiger partial charge >= 0.3 is 0 Å². The topological polar surface area (TPSA) is 69.4 Å². The second-order valence-corrected chi connectivity index (χ2v) is 7.33. The average Bonchev–Trinajstić information content (AvgIpc) is 2.16. The summed E-state index contributed by atoms with van der Waals surface area (Å²) in [7, 11) is -2.94. The molecule has 96 valence electrons. The maximum Gasteiger partial charge on any atom is 0.149 e. The minimum absolute atomic E-state index is 0.0864. The molecule has 1 saturated carbocycles. The Morgan fingerprint density at radius 2 is 2.19 bits per heavy atom. The first-order valence-electron chi connectivity index (χ1n) is 5.89. The molecule has 4 nitrogen and oxygen atoms in total. The number of nitrogens with two attached hydrogens (primary N) is 1. The van der Waals surface area contributed by atoms with Gasteiger partial charge in [-0.05, 0) is 18.8 Å². The zero-order valence-corrected chi connectivity index (χ0v) is 11.1. The van der Waals surface area contributed by atoms with E-state index >= 15 is 0 Å². The minimum Gasteiger partial charge on any atom is -0.373 e. The van der Waals surface area contributed by atoms with Crippen molar-refractivity contribution in [2.75, 3.05) is 25.2 Å². The lowest BCUT2D eigenvalue weighted by Gasteiger charge is -2.39. The van der Waals surface area contributed by atoms with E-state index in [2.05, 4.69) is 6.92 Å². The van der Waals surface area contributed by atoms with Crippen molar-refractivity contribution in [3.05, 3.63) is 0 Å². The molecule has 0 aromatic heterocycles. The molecule has 5 heteroatoms. The Labute approximate surface area is 98.5 Å². The van der Waals surface area contributed by atoms with Gasteiger partial charge in [0.05, 0.1) is 18.0 Å². The third-order valence-electron chi connectivity index (χ3n) is 3.28. The molecule has 0 radical (unpaired) electrons. The van der Waals surface area contributed by atoms with E-state index in [1.165, 1.54) is 12.7 Å². The van der Waals surface area contributed by atoms with Crippen molar-refractivity contribution in [3.63, 3.8) is 0 Å². The number of ether oxygens (including phenoxy) is 1. The lowest BCUT2D eigenvalue weighted by molar-refractivity contribution is -0.0679. The van der Waals surface area contributed by atoms with Crippen LogP contribution < -0.4 is 5.73 Å². The molecule has 1 aliphatic carbocycles. The summed E-state index contributed by atoms with van der Waals surface area (Å²) >= 11 is 0. The van der Waals surface area contributed by atoms with Gasteiger partial charge in [0.2, 0.25) is 0 Å². The van der Waals surface area contributed by atoms with E-state index in [9.17, 15) is 8.42 Å². The highest BCUT2D eigenvalue weighted by atomic mass is 32.2. The largest absolute Gasteiger partial charge is 0.373 e. The normalized spacial score (nSPS) is 31.6.